The van der Waals surface area contributed by atoms with Crippen LogP contribution in [-0.4, -0.2) is 45.8 Å². The van der Waals surface area contributed by atoms with E-state index in [-0.39, 0.29) is 24.0 Å². The second-order valence-electron chi connectivity index (χ2n) is 5.44. The van der Waals surface area contributed by atoms with E-state index in [0.717, 1.165) is 43.4 Å². The van der Waals surface area contributed by atoms with Crippen molar-refractivity contribution in [1.82, 2.24) is 25.0 Å². The van der Waals surface area contributed by atoms with Crippen molar-refractivity contribution in [2.45, 2.75) is 33.2 Å². The molecule has 0 aromatic carbocycles. The first-order valence-electron chi connectivity index (χ1n) is 8.03. The molecule has 2 rings (SSSR count). The van der Waals surface area contributed by atoms with Crippen LogP contribution in [0, 0.1) is 0 Å². The summed E-state index contributed by atoms with van der Waals surface area (Å²) < 4.78 is 1.82. The lowest BCUT2D eigenvalue weighted by atomic mass is 10.3. The van der Waals surface area contributed by atoms with E-state index < -0.39 is 0 Å². The van der Waals surface area contributed by atoms with Gasteiger partial charge in [0.15, 0.2) is 5.96 Å². The Morgan fingerprint density at radius 3 is 2.75 bits per heavy atom. The standard InChI is InChI=1S/C16H26N6S.HI/c1-5-14-10-19-15(23-14)7-8-18-16(17-6-2)21(3)11-13-9-20-22(4)12-13;/h9-10,12H,5-8,11H2,1-4H3,(H,17,18);1H. The van der Waals surface area contributed by atoms with E-state index in [2.05, 4.69) is 34.1 Å². The average Bonchev–Trinajstić information content (AvgIpc) is 3.15. The van der Waals surface area contributed by atoms with Gasteiger partial charge in [0.2, 0.25) is 0 Å². The Hall–Kier alpha value is -1.16. The van der Waals surface area contributed by atoms with Gasteiger partial charge in [-0.3, -0.25) is 9.67 Å². The molecule has 0 aliphatic rings. The maximum atomic E-state index is 4.72. The van der Waals surface area contributed by atoms with Gasteiger partial charge in [0.1, 0.15) is 0 Å². The van der Waals surface area contributed by atoms with Crippen molar-refractivity contribution in [3.63, 3.8) is 0 Å². The SMILES string of the molecule is CCNC(=NCCc1ncc(CC)s1)N(C)Cc1cnn(C)c1.I. The molecule has 0 aliphatic heterocycles. The molecular formula is C16H27IN6S. The molecule has 0 spiro atoms. The van der Waals surface area contributed by atoms with Crippen LogP contribution in [0.2, 0.25) is 0 Å². The Bertz CT molecular complexity index is 636. The number of rotatable bonds is 7. The Morgan fingerprint density at radius 1 is 1.38 bits per heavy atom. The minimum Gasteiger partial charge on any atom is -0.357 e. The van der Waals surface area contributed by atoms with Gasteiger partial charge in [0.25, 0.3) is 0 Å². The van der Waals surface area contributed by atoms with Crippen molar-refractivity contribution >= 4 is 41.3 Å². The minimum absolute atomic E-state index is 0. The van der Waals surface area contributed by atoms with E-state index in [1.165, 1.54) is 10.4 Å². The van der Waals surface area contributed by atoms with Gasteiger partial charge in [-0.1, -0.05) is 6.92 Å². The molecule has 0 atom stereocenters. The number of hydrogen-bond acceptors (Lipinski definition) is 4. The predicted octanol–water partition coefficient (Wildman–Crippen LogP) is 2.70. The van der Waals surface area contributed by atoms with Gasteiger partial charge in [0, 0.05) is 63.0 Å². The van der Waals surface area contributed by atoms with E-state index >= 15 is 0 Å². The summed E-state index contributed by atoms with van der Waals surface area (Å²) in [4.78, 5) is 12.6. The molecule has 24 heavy (non-hydrogen) atoms. The molecule has 6 nitrogen and oxygen atoms in total. The van der Waals surface area contributed by atoms with E-state index in [1.807, 2.05) is 37.4 Å². The first-order chi connectivity index (χ1) is 11.1. The fourth-order valence-corrected chi connectivity index (χ4v) is 3.11. The number of hydrogen-bond donors (Lipinski definition) is 1. The molecule has 0 aliphatic carbocycles. The highest BCUT2D eigenvalue weighted by atomic mass is 127. The summed E-state index contributed by atoms with van der Waals surface area (Å²) in [6.07, 6.45) is 7.84. The second kappa shape index (κ2) is 10.7. The quantitative estimate of drug-likeness (QED) is 0.391. The molecule has 1 N–H and O–H groups in total. The number of nitrogens with one attached hydrogen (secondary N) is 1. The molecule has 0 unspecified atom stereocenters. The third-order valence-electron chi connectivity index (χ3n) is 3.41. The lowest BCUT2D eigenvalue weighted by molar-refractivity contribution is 0.477. The summed E-state index contributed by atoms with van der Waals surface area (Å²) in [5.74, 6) is 0.920. The number of aliphatic imine (C=N–C) groups is 1. The monoisotopic (exact) mass is 462 g/mol. The van der Waals surface area contributed by atoms with E-state index in [4.69, 9.17) is 4.99 Å². The van der Waals surface area contributed by atoms with Crippen LogP contribution < -0.4 is 5.32 Å². The summed E-state index contributed by atoms with van der Waals surface area (Å²) in [6, 6.07) is 0. The van der Waals surface area contributed by atoms with Crippen LogP contribution in [0.25, 0.3) is 0 Å². The summed E-state index contributed by atoms with van der Waals surface area (Å²) in [5, 5.41) is 8.72. The molecule has 134 valence electrons. The predicted molar refractivity (Wildman–Crippen MR) is 111 cm³/mol. The zero-order valence-corrected chi connectivity index (χ0v) is 18.0. The fraction of sp³-hybridized carbons (Fsp3) is 0.562. The molecule has 0 saturated carbocycles. The van der Waals surface area contributed by atoms with Crippen LogP contribution >= 0.6 is 35.3 Å². The van der Waals surface area contributed by atoms with Gasteiger partial charge in [-0.2, -0.15) is 5.10 Å². The van der Waals surface area contributed by atoms with E-state index in [1.54, 1.807) is 11.3 Å². The summed E-state index contributed by atoms with van der Waals surface area (Å²) in [7, 11) is 3.98. The molecule has 0 amide bonds. The normalized spacial score (nSPS) is 11.2. The zero-order chi connectivity index (χ0) is 16.7. The smallest absolute Gasteiger partial charge is 0.193 e. The largest absolute Gasteiger partial charge is 0.357 e. The van der Waals surface area contributed by atoms with Gasteiger partial charge in [-0.25, -0.2) is 4.98 Å². The Balaban J connectivity index is 0.00000288. The molecule has 8 heteroatoms. The Morgan fingerprint density at radius 2 is 2.17 bits per heavy atom. The van der Waals surface area contributed by atoms with Gasteiger partial charge < -0.3 is 10.2 Å². The highest BCUT2D eigenvalue weighted by Gasteiger charge is 2.08. The number of thiazole rings is 1. The Labute approximate surface area is 165 Å². The van der Waals surface area contributed by atoms with Crippen LogP contribution in [0.5, 0.6) is 0 Å². The number of guanidine groups is 1. The van der Waals surface area contributed by atoms with Gasteiger partial charge in [-0.05, 0) is 13.3 Å². The van der Waals surface area contributed by atoms with Crippen LogP contribution in [0.1, 0.15) is 29.3 Å². The van der Waals surface area contributed by atoms with Crippen LogP contribution in [-0.2, 0) is 26.4 Å². The third-order valence-corrected chi connectivity index (χ3v) is 4.61. The number of aromatic nitrogens is 3. The van der Waals surface area contributed by atoms with Crippen molar-refractivity contribution in [3.05, 3.63) is 34.0 Å². The highest BCUT2D eigenvalue weighted by Crippen LogP contribution is 2.13. The molecule has 0 bridgehead atoms. The first kappa shape index (κ1) is 20.9. The fourth-order valence-electron chi connectivity index (χ4n) is 2.26. The Kier molecular flexibility index (Phi) is 9.27. The van der Waals surface area contributed by atoms with Crippen molar-refractivity contribution < 1.29 is 0 Å². The zero-order valence-electron chi connectivity index (χ0n) is 14.8. The van der Waals surface area contributed by atoms with Crippen LogP contribution in [0.4, 0.5) is 0 Å². The number of halogens is 1. The molecule has 0 fully saturated rings. The minimum atomic E-state index is 0. The van der Waals surface area contributed by atoms with Crippen LogP contribution in [0.15, 0.2) is 23.6 Å². The highest BCUT2D eigenvalue weighted by molar-refractivity contribution is 14.0. The van der Waals surface area contributed by atoms with E-state index in [0.29, 0.717) is 0 Å². The number of nitrogens with zero attached hydrogens (tertiary/aromatic N) is 5. The lowest BCUT2D eigenvalue weighted by Gasteiger charge is -2.21. The van der Waals surface area contributed by atoms with Gasteiger partial charge in [-0.15, -0.1) is 35.3 Å². The second-order valence-corrected chi connectivity index (χ2v) is 6.64. The number of aryl methyl sites for hydroxylation is 2. The van der Waals surface area contributed by atoms with Crippen molar-refractivity contribution in [2.75, 3.05) is 20.1 Å². The molecule has 2 heterocycles. The first-order valence-corrected chi connectivity index (χ1v) is 8.84. The van der Waals surface area contributed by atoms with Crippen LogP contribution in [0.3, 0.4) is 0 Å². The summed E-state index contributed by atoms with van der Waals surface area (Å²) in [6.45, 7) is 6.63. The molecule has 2 aromatic rings. The molecule has 0 radical (unpaired) electrons. The topological polar surface area (TPSA) is 58.3 Å². The van der Waals surface area contributed by atoms with E-state index in [9.17, 15) is 0 Å². The lowest BCUT2D eigenvalue weighted by Crippen LogP contribution is -2.38. The molecule has 0 saturated heterocycles. The van der Waals surface area contributed by atoms with Crippen molar-refractivity contribution in [3.8, 4) is 0 Å². The maximum Gasteiger partial charge on any atom is 0.193 e. The van der Waals surface area contributed by atoms with Crippen molar-refractivity contribution in [1.29, 1.82) is 0 Å². The molecular weight excluding hydrogens is 435 g/mol. The van der Waals surface area contributed by atoms with Gasteiger partial charge >= 0.3 is 0 Å². The van der Waals surface area contributed by atoms with Gasteiger partial charge in [0.05, 0.1) is 11.2 Å². The maximum absolute atomic E-state index is 4.72. The third kappa shape index (κ3) is 6.39. The summed E-state index contributed by atoms with van der Waals surface area (Å²) in [5.41, 5.74) is 1.17. The van der Waals surface area contributed by atoms with Crippen molar-refractivity contribution in [2.24, 2.45) is 12.0 Å². The summed E-state index contributed by atoms with van der Waals surface area (Å²) >= 11 is 1.79. The average molecular weight is 462 g/mol. The molecule has 2 aromatic heterocycles.